The number of benzene rings is 2. The maximum atomic E-state index is 12.4. The lowest BCUT2D eigenvalue weighted by atomic mass is 10.0. The Labute approximate surface area is 216 Å². The van der Waals surface area contributed by atoms with E-state index in [9.17, 15) is 9.59 Å². The molecular weight excluding hydrogens is 476 g/mol. The highest BCUT2D eigenvalue weighted by Gasteiger charge is 2.20. The van der Waals surface area contributed by atoms with Gasteiger partial charge in [0.05, 0.1) is 5.69 Å². The molecule has 3 aromatic rings. The van der Waals surface area contributed by atoms with Crippen molar-refractivity contribution < 1.29 is 9.21 Å². The van der Waals surface area contributed by atoms with E-state index in [2.05, 4.69) is 32.6 Å². The molecule has 0 saturated carbocycles. The van der Waals surface area contributed by atoms with Crippen LogP contribution in [0.3, 0.4) is 0 Å². The first-order chi connectivity index (χ1) is 17.5. The van der Waals surface area contributed by atoms with E-state index in [-0.39, 0.29) is 17.6 Å². The van der Waals surface area contributed by atoms with Gasteiger partial charge in [-0.1, -0.05) is 23.7 Å². The monoisotopic (exact) mass is 508 g/mol. The maximum Gasteiger partial charge on any atom is 0.338 e. The van der Waals surface area contributed by atoms with Crippen molar-refractivity contribution in [3.05, 3.63) is 75.1 Å². The normalized spacial score (nSPS) is 17.5. The Kier molecular flexibility index (Phi) is 7.90. The molecule has 2 aliphatic rings. The molecular formula is C28H33ClN4O3. The van der Waals surface area contributed by atoms with Gasteiger partial charge >= 0.3 is 5.63 Å². The van der Waals surface area contributed by atoms with E-state index in [1.807, 2.05) is 18.2 Å². The number of rotatable bonds is 8. The van der Waals surface area contributed by atoms with E-state index in [4.69, 9.17) is 16.0 Å². The molecule has 3 heterocycles. The summed E-state index contributed by atoms with van der Waals surface area (Å²) >= 11 is 6.16. The van der Waals surface area contributed by atoms with Crippen molar-refractivity contribution in [3.63, 3.8) is 0 Å². The Bertz CT molecular complexity index is 1250. The van der Waals surface area contributed by atoms with E-state index in [0.29, 0.717) is 22.7 Å². The number of anilines is 1. The van der Waals surface area contributed by atoms with Gasteiger partial charge in [0.2, 0.25) is 0 Å². The van der Waals surface area contributed by atoms with Crippen LogP contribution in [0, 0.1) is 0 Å². The Balaban J connectivity index is 1.10. The van der Waals surface area contributed by atoms with Crippen LogP contribution in [0.25, 0.3) is 11.0 Å². The van der Waals surface area contributed by atoms with Crippen LogP contribution in [0.2, 0.25) is 5.02 Å². The Hall–Kier alpha value is -2.87. The molecule has 2 aliphatic heterocycles. The molecule has 0 radical (unpaired) electrons. The second-order valence-electron chi connectivity index (χ2n) is 9.82. The molecule has 0 bridgehead atoms. The molecule has 1 aromatic heterocycles. The van der Waals surface area contributed by atoms with Crippen molar-refractivity contribution in [3.8, 4) is 0 Å². The number of hydrogen-bond acceptors (Lipinski definition) is 6. The van der Waals surface area contributed by atoms with Crippen LogP contribution < -0.4 is 16.3 Å². The molecule has 2 N–H and O–H groups in total. The van der Waals surface area contributed by atoms with E-state index >= 15 is 0 Å². The maximum absolute atomic E-state index is 12.4. The zero-order valence-electron chi connectivity index (χ0n) is 20.5. The second kappa shape index (κ2) is 11.5. The number of fused-ring (bicyclic) bond motifs is 1. The van der Waals surface area contributed by atoms with Gasteiger partial charge in [-0.3, -0.25) is 9.69 Å². The summed E-state index contributed by atoms with van der Waals surface area (Å²) < 4.78 is 5.30. The van der Waals surface area contributed by atoms with Crippen molar-refractivity contribution in [2.75, 3.05) is 44.6 Å². The number of likely N-dealkylation sites (tertiary alicyclic amines) is 2. The van der Waals surface area contributed by atoms with Crippen LogP contribution in [0.5, 0.6) is 0 Å². The van der Waals surface area contributed by atoms with E-state index in [0.717, 1.165) is 63.2 Å². The van der Waals surface area contributed by atoms with Crippen LogP contribution in [0.4, 0.5) is 5.69 Å². The molecule has 2 fully saturated rings. The summed E-state index contributed by atoms with van der Waals surface area (Å²) in [7, 11) is 0. The fourth-order valence-electron chi connectivity index (χ4n) is 5.17. The Morgan fingerprint density at radius 3 is 2.47 bits per heavy atom. The molecule has 36 heavy (non-hydrogen) atoms. The van der Waals surface area contributed by atoms with Crippen LogP contribution in [-0.2, 0) is 6.54 Å². The quantitative estimate of drug-likeness (QED) is 0.440. The Morgan fingerprint density at radius 1 is 0.972 bits per heavy atom. The summed E-state index contributed by atoms with van der Waals surface area (Å²) in [5, 5.41) is 8.01. The van der Waals surface area contributed by atoms with Gasteiger partial charge in [-0.25, -0.2) is 4.79 Å². The third kappa shape index (κ3) is 6.27. The second-order valence-corrected chi connectivity index (χ2v) is 10.3. The van der Waals surface area contributed by atoms with Crippen molar-refractivity contribution >= 4 is 34.2 Å². The molecule has 190 valence electrons. The van der Waals surface area contributed by atoms with Crippen molar-refractivity contribution in [2.24, 2.45) is 0 Å². The van der Waals surface area contributed by atoms with Crippen LogP contribution >= 0.6 is 11.6 Å². The van der Waals surface area contributed by atoms with Crippen LogP contribution in [0.15, 0.2) is 57.7 Å². The molecule has 2 saturated heterocycles. The number of hydrogen-bond donors (Lipinski definition) is 2. The zero-order valence-corrected chi connectivity index (χ0v) is 21.2. The highest BCUT2D eigenvalue weighted by Crippen LogP contribution is 2.27. The summed E-state index contributed by atoms with van der Waals surface area (Å²) in [6, 6.07) is 15.0. The average Bonchev–Trinajstić information content (AvgIpc) is 3.40. The average molecular weight is 509 g/mol. The number of amides is 1. The lowest BCUT2D eigenvalue weighted by Gasteiger charge is -2.33. The molecule has 0 aliphatic carbocycles. The minimum atomic E-state index is -0.367. The minimum absolute atomic E-state index is 0.00334. The van der Waals surface area contributed by atoms with Crippen molar-refractivity contribution in [2.45, 2.75) is 38.3 Å². The fourth-order valence-corrected chi connectivity index (χ4v) is 5.34. The van der Waals surface area contributed by atoms with Gasteiger partial charge in [-0.15, -0.1) is 0 Å². The van der Waals surface area contributed by atoms with E-state index < -0.39 is 0 Å². The molecule has 2 aromatic carbocycles. The van der Waals surface area contributed by atoms with Gasteiger partial charge in [0.25, 0.3) is 5.91 Å². The lowest BCUT2D eigenvalue weighted by molar-refractivity contribution is 0.0949. The Morgan fingerprint density at radius 2 is 1.72 bits per heavy atom. The first-order valence-corrected chi connectivity index (χ1v) is 13.2. The van der Waals surface area contributed by atoms with Gasteiger partial charge in [0, 0.05) is 60.8 Å². The molecule has 0 unspecified atom stereocenters. The molecule has 0 atom stereocenters. The molecule has 5 rings (SSSR count). The van der Waals surface area contributed by atoms with E-state index in [1.54, 1.807) is 12.1 Å². The fraction of sp³-hybridized carbons (Fsp3) is 0.429. The standard InChI is InChI=1S/C28H33ClN4O3/c29-22-7-8-26-24(17-22)25(18-27(34)36-26)31-23-9-14-33(15-10-23)19-20-3-5-21(6-4-20)28(35)30-11-16-32-12-1-2-13-32/h3-8,17-18,23,31H,1-2,9-16,19H2,(H,30,35). The first-order valence-electron chi connectivity index (χ1n) is 12.9. The highest BCUT2D eigenvalue weighted by molar-refractivity contribution is 6.31. The number of piperidine rings is 1. The molecule has 1 amide bonds. The predicted octanol–water partition coefficient (Wildman–Crippen LogP) is 4.35. The summed E-state index contributed by atoms with van der Waals surface area (Å²) in [6.07, 6.45) is 4.48. The van der Waals surface area contributed by atoms with Gasteiger partial charge in [0.1, 0.15) is 5.58 Å². The van der Waals surface area contributed by atoms with Crippen molar-refractivity contribution in [1.29, 1.82) is 0 Å². The third-order valence-electron chi connectivity index (χ3n) is 7.19. The lowest BCUT2D eigenvalue weighted by Crippen LogP contribution is -2.38. The predicted molar refractivity (Wildman–Crippen MR) is 144 cm³/mol. The molecule has 0 spiro atoms. The molecule has 7 nitrogen and oxygen atoms in total. The SMILES string of the molecule is O=C(NCCN1CCCC1)c1ccc(CN2CCC(Nc3cc(=O)oc4ccc(Cl)cc34)CC2)cc1. The highest BCUT2D eigenvalue weighted by atomic mass is 35.5. The van der Waals surface area contributed by atoms with Gasteiger partial charge in [0.15, 0.2) is 0 Å². The topological polar surface area (TPSA) is 77.8 Å². The van der Waals surface area contributed by atoms with Gasteiger partial charge < -0.3 is 20.0 Å². The minimum Gasteiger partial charge on any atom is -0.423 e. The summed E-state index contributed by atoms with van der Waals surface area (Å²) in [4.78, 5) is 29.3. The number of nitrogens with zero attached hydrogens (tertiary/aromatic N) is 2. The molecule has 8 heteroatoms. The summed E-state index contributed by atoms with van der Waals surface area (Å²) in [5.41, 5.74) is 2.86. The largest absolute Gasteiger partial charge is 0.423 e. The zero-order chi connectivity index (χ0) is 24.9. The van der Waals surface area contributed by atoms with Crippen molar-refractivity contribution in [1.82, 2.24) is 15.1 Å². The number of carbonyl (C=O) groups excluding carboxylic acids is 1. The number of carbonyl (C=O) groups is 1. The summed E-state index contributed by atoms with van der Waals surface area (Å²) in [6.45, 7) is 6.68. The first kappa shape index (κ1) is 24.8. The van der Waals surface area contributed by atoms with Gasteiger partial charge in [-0.2, -0.15) is 0 Å². The number of nitrogens with one attached hydrogen (secondary N) is 2. The third-order valence-corrected chi connectivity index (χ3v) is 7.42. The van der Waals surface area contributed by atoms with Crippen LogP contribution in [0.1, 0.15) is 41.6 Å². The summed E-state index contributed by atoms with van der Waals surface area (Å²) in [5.74, 6) is -0.00334. The number of halogens is 1. The van der Waals surface area contributed by atoms with Crippen LogP contribution in [-0.4, -0.2) is 61.0 Å². The van der Waals surface area contributed by atoms with E-state index in [1.165, 1.54) is 24.5 Å². The van der Waals surface area contributed by atoms with Gasteiger partial charge in [-0.05, 0) is 74.7 Å². The smallest absolute Gasteiger partial charge is 0.338 e.